The second-order valence-electron chi connectivity index (χ2n) is 4.80. The number of anilines is 2. The van der Waals surface area contributed by atoms with Crippen molar-refractivity contribution in [2.24, 2.45) is 0 Å². The van der Waals surface area contributed by atoms with Gasteiger partial charge in [-0.3, -0.25) is 9.52 Å². The smallest absolute Gasteiger partial charge is 0.257 e. The van der Waals surface area contributed by atoms with E-state index in [0.717, 1.165) is 16.9 Å². The van der Waals surface area contributed by atoms with Crippen LogP contribution in [0.1, 0.15) is 17.3 Å². The first-order valence-electron chi connectivity index (χ1n) is 7.00. The number of benzene rings is 2. The van der Waals surface area contributed by atoms with Gasteiger partial charge < -0.3 is 5.32 Å². The van der Waals surface area contributed by atoms with E-state index in [1.165, 1.54) is 0 Å². The highest BCUT2D eigenvalue weighted by atomic mass is 32.2. The predicted molar refractivity (Wildman–Crippen MR) is 95.7 cm³/mol. The zero-order chi connectivity index (χ0) is 16.9. The van der Waals surface area contributed by atoms with Crippen LogP contribution in [0.25, 0.3) is 0 Å². The van der Waals surface area contributed by atoms with E-state index in [1.807, 2.05) is 31.2 Å². The topological polar surface area (TPSA) is 75.3 Å². The van der Waals surface area contributed by atoms with Crippen LogP contribution in [0.2, 0.25) is 0 Å². The van der Waals surface area contributed by atoms with Crippen molar-refractivity contribution in [1.29, 1.82) is 0 Å². The van der Waals surface area contributed by atoms with Gasteiger partial charge in [-0.05, 0) is 30.0 Å². The second kappa shape index (κ2) is 7.52. The minimum atomic E-state index is -3.46. The van der Waals surface area contributed by atoms with E-state index in [9.17, 15) is 13.2 Å². The lowest BCUT2D eigenvalue weighted by atomic mass is 10.1. The highest BCUT2D eigenvalue weighted by Crippen LogP contribution is 2.27. The molecule has 7 heteroatoms. The van der Waals surface area contributed by atoms with Gasteiger partial charge in [0.2, 0.25) is 10.0 Å². The molecule has 0 saturated heterocycles. The zero-order valence-electron chi connectivity index (χ0n) is 12.9. The summed E-state index contributed by atoms with van der Waals surface area (Å²) in [5, 5.41) is 2.84. The maximum Gasteiger partial charge on any atom is 0.257 e. The fraction of sp³-hybridized carbons (Fsp3) is 0.188. The zero-order valence-corrected chi connectivity index (χ0v) is 14.5. The lowest BCUT2D eigenvalue weighted by Gasteiger charge is -2.13. The molecule has 2 rings (SSSR count). The number of hydrogen-bond acceptors (Lipinski definition) is 4. The number of para-hydroxylation sites is 2. The van der Waals surface area contributed by atoms with Gasteiger partial charge in [0.05, 0.1) is 23.2 Å². The summed E-state index contributed by atoms with van der Waals surface area (Å²) in [7, 11) is -3.46. The summed E-state index contributed by atoms with van der Waals surface area (Å²) in [5.41, 5.74) is 1.24. The Balaban J connectivity index is 2.29. The first-order valence-corrected chi connectivity index (χ1v) is 9.88. The van der Waals surface area contributed by atoms with E-state index in [4.69, 9.17) is 0 Å². The summed E-state index contributed by atoms with van der Waals surface area (Å²) in [6.07, 6.45) is 1.05. The first-order chi connectivity index (χ1) is 10.9. The molecule has 0 atom stereocenters. The van der Waals surface area contributed by atoms with Gasteiger partial charge in [0.1, 0.15) is 0 Å². The van der Waals surface area contributed by atoms with Crippen molar-refractivity contribution in [3.8, 4) is 0 Å². The van der Waals surface area contributed by atoms with E-state index in [0.29, 0.717) is 5.69 Å². The number of rotatable bonds is 6. The van der Waals surface area contributed by atoms with Crippen LogP contribution in [0.15, 0.2) is 53.4 Å². The van der Waals surface area contributed by atoms with E-state index < -0.39 is 10.0 Å². The molecule has 0 aliphatic carbocycles. The molecule has 2 aromatic carbocycles. The molecule has 0 aromatic heterocycles. The standard InChI is InChI=1S/C16H18N2O3S2/c1-3-22-15-11-7-6-10-14(15)17-16(19)12-8-4-5-9-13(12)18-23(2,20)21/h4-11,18H,3H2,1-2H3,(H,17,19). The molecule has 0 aliphatic heterocycles. The van der Waals surface area contributed by atoms with Gasteiger partial charge >= 0.3 is 0 Å². The lowest BCUT2D eigenvalue weighted by molar-refractivity contribution is 0.102. The number of carbonyl (C=O) groups is 1. The summed E-state index contributed by atoms with van der Waals surface area (Å²) in [6.45, 7) is 2.04. The van der Waals surface area contributed by atoms with E-state index in [2.05, 4.69) is 10.0 Å². The minimum Gasteiger partial charge on any atom is -0.321 e. The van der Waals surface area contributed by atoms with Gasteiger partial charge in [0.25, 0.3) is 5.91 Å². The summed E-state index contributed by atoms with van der Waals surface area (Å²) >= 11 is 1.63. The van der Waals surface area contributed by atoms with Crippen molar-refractivity contribution in [3.63, 3.8) is 0 Å². The molecule has 0 unspecified atom stereocenters. The molecule has 0 spiro atoms. The van der Waals surface area contributed by atoms with Crippen LogP contribution >= 0.6 is 11.8 Å². The fourth-order valence-corrected chi connectivity index (χ4v) is 3.35. The van der Waals surface area contributed by atoms with Crippen molar-refractivity contribution in [1.82, 2.24) is 0 Å². The number of nitrogens with one attached hydrogen (secondary N) is 2. The third kappa shape index (κ3) is 5.01. The van der Waals surface area contributed by atoms with Crippen molar-refractivity contribution in [2.75, 3.05) is 22.0 Å². The van der Waals surface area contributed by atoms with Gasteiger partial charge in [-0.15, -0.1) is 11.8 Å². The maximum atomic E-state index is 12.5. The van der Waals surface area contributed by atoms with Crippen LogP contribution in [0.4, 0.5) is 11.4 Å². The quantitative estimate of drug-likeness (QED) is 0.783. The van der Waals surface area contributed by atoms with E-state index in [-0.39, 0.29) is 17.2 Å². The fourth-order valence-electron chi connectivity index (χ4n) is 2.01. The molecule has 1 amide bonds. The highest BCUT2D eigenvalue weighted by molar-refractivity contribution is 7.99. The average molecular weight is 350 g/mol. The van der Waals surface area contributed by atoms with Crippen LogP contribution in [0.3, 0.4) is 0 Å². The predicted octanol–water partition coefficient (Wildman–Crippen LogP) is 3.42. The Morgan fingerprint density at radius 3 is 2.30 bits per heavy atom. The molecular formula is C16H18N2O3S2. The third-order valence-corrected chi connectivity index (χ3v) is 4.45. The Hall–Kier alpha value is -1.99. The molecule has 0 aliphatic rings. The Bertz CT molecular complexity index is 804. The average Bonchev–Trinajstić information content (AvgIpc) is 2.48. The Morgan fingerprint density at radius 1 is 1.04 bits per heavy atom. The van der Waals surface area contributed by atoms with E-state index >= 15 is 0 Å². The molecule has 5 nitrogen and oxygen atoms in total. The lowest BCUT2D eigenvalue weighted by Crippen LogP contribution is -2.17. The summed E-state index contributed by atoms with van der Waals surface area (Å²) in [4.78, 5) is 13.5. The van der Waals surface area contributed by atoms with Crippen molar-refractivity contribution < 1.29 is 13.2 Å². The molecule has 0 radical (unpaired) electrons. The van der Waals surface area contributed by atoms with Crippen LogP contribution in [-0.4, -0.2) is 26.3 Å². The third-order valence-electron chi connectivity index (χ3n) is 2.90. The molecule has 23 heavy (non-hydrogen) atoms. The van der Waals surface area contributed by atoms with Gasteiger partial charge in [0.15, 0.2) is 0 Å². The number of sulfonamides is 1. The van der Waals surface area contributed by atoms with Crippen LogP contribution in [-0.2, 0) is 10.0 Å². The molecule has 0 bridgehead atoms. The Labute approximate surface area is 140 Å². The molecule has 2 aromatic rings. The van der Waals surface area contributed by atoms with E-state index in [1.54, 1.807) is 36.0 Å². The van der Waals surface area contributed by atoms with Gasteiger partial charge in [0, 0.05) is 4.90 Å². The molecule has 2 N–H and O–H groups in total. The van der Waals surface area contributed by atoms with Gasteiger partial charge in [-0.2, -0.15) is 0 Å². The second-order valence-corrected chi connectivity index (χ2v) is 7.86. The summed E-state index contributed by atoms with van der Waals surface area (Å²) in [5.74, 6) is 0.528. The SMILES string of the molecule is CCSc1ccccc1NC(=O)c1ccccc1NS(C)(=O)=O. The number of hydrogen-bond donors (Lipinski definition) is 2. The summed E-state index contributed by atoms with van der Waals surface area (Å²) < 4.78 is 25.2. The Morgan fingerprint density at radius 2 is 1.65 bits per heavy atom. The van der Waals surface area contributed by atoms with Gasteiger partial charge in [-0.1, -0.05) is 31.2 Å². The minimum absolute atomic E-state index is 0.258. The molecule has 122 valence electrons. The molecule has 0 saturated carbocycles. The number of thioether (sulfide) groups is 1. The first kappa shape index (κ1) is 17.4. The Kier molecular flexibility index (Phi) is 5.68. The monoisotopic (exact) mass is 350 g/mol. The molecule has 0 fully saturated rings. The number of carbonyl (C=O) groups excluding carboxylic acids is 1. The highest BCUT2D eigenvalue weighted by Gasteiger charge is 2.15. The largest absolute Gasteiger partial charge is 0.321 e. The van der Waals surface area contributed by atoms with Crippen molar-refractivity contribution in [2.45, 2.75) is 11.8 Å². The van der Waals surface area contributed by atoms with Crippen molar-refractivity contribution in [3.05, 3.63) is 54.1 Å². The van der Waals surface area contributed by atoms with Crippen LogP contribution < -0.4 is 10.0 Å². The normalized spacial score (nSPS) is 11.0. The molecular weight excluding hydrogens is 332 g/mol. The number of amides is 1. The van der Waals surface area contributed by atoms with Crippen LogP contribution in [0.5, 0.6) is 0 Å². The maximum absolute atomic E-state index is 12.5. The van der Waals surface area contributed by atoms with Crippen molar-refractivity contribution >= 4 is 39.1 Å². The molecule has 0 heterocycles. The van der Waals surface area contributed by atoms with Crippen LogP contribution in [0, 0.1) is 0 Å². The summed E-state index contributed by atoms with van der Waals surface area (Å²) in [6, 6.07) is 14.0. The van der Waals surface area contributed by atoms with Gasteiger partial charge in [-0.25, -0.2) is 8.42 Å².